The molecule has 0 amide bonds. The standard InChI is InChI=1S/C17H30F7N/c1-3-4-5-6-7-8-9-10-13-25(2)14-11-12-15(18,19)16(20,21)17(22,23)24/h3-14H2,1-2H3. The maximum absolute atomic E-state index is 13.1. The van der Waals surface area contributed by atoms with Gasteiger partial charge in [0.2, 0.25) is 0 Å². The summed E-state index contributed by atoms with van der Waals surface area (Å²) in [5.74, 6) is -11.1. The quantitative estimate of drug-likeness (QED) is 0.240. The van der Waals surface area contributed by atoms with E-state index in [2.05, 4.69) is 6.92 Å². The number of hydrogen-bond donors (Lipinski definition) is 0. The molecule has 0 atom stereocenters. The topological polar surface area (TPSA) is 3.24 Å². The Balaban J connectivity index is 3.87. The van der Waals surface area contributed by atoms with Crippen LogP contribution < -0.4 is 0 Å². The van der Waals surface area contributed by atoms with Gasteiger partial charge < -0.3 is 4.90 Å². The number of halogens is 7. The van der Waals surface area contributed by atoms with Crippen molar-refractivity contribution in [3.63, 3.8) is 0 Å². The molecule has 0 saturated carbocycles. The minimum atomic E-state index is -6.24. The molecule has 0 fully saturated rings. The van der Waals surface area contributed by atoms with Crippen LogP contribution in [-0.2, 0) is 0 Å². The van der Waals surface area contributed by atoms with Crippen molar-refractivity contribution in [2.24, 2.45) is 0 Å². The lowest BCUT2D eigenvalue weighted by Crippen LogP contribution is -2.52. The normalized spacial score (nSPS) is 13.7. The van der Waals surface area contributed by atoms with Gasteiger partial charge in [-0.25, -0.2) is 0 Å². The third-order valence-corrected chi connectivity index (χ3v) is 4.24. The highest BCUT2D eigenvalue weighted by Crippen LogP contribution is 2.48. The zero-order valence-corrected chi connectivity index (χ0v) is 15.1. The predicted molar refractivity (Wildman–Crippen MR) is 85.3 cm³/mol. The van der Waals surface area contributed by atoms with Gasteiger partial charge in [0.05, 0.1) is 0 Å². The molecule has 0 bridgehead atoms. The molecule has 25 heavy (non-hydrogen) atoms. The molecule has 0 heterocycles. The van der Waals surface area contributed by atoms with Gasteiger partial charge in [-0.05, 0) is 33.0 Å². The summed E-state index contributed by atoms with van der Waals surface area (Å²) in [5, 5.41) is 0. The summed E-state index contributed by atoms with van der Waals surface area (Å²) < 4.78 is 87.8. The molecule has 0 rings (SSSR count). The van der Waals surface area contributed by atoms with Gasteiger partial charge >= 0.3 is 18.0 Å². The van der Waals surface area contributed by atoms with Crippen molar-refractivity contribution in [1.82, 2.24) is 4.90 Å². The van der Waals surface area contributed by atoms with E-state index in [1.54, 1.807) is 11.9 Å². The molecule has 0 aromatic carbocycles. The van der Waals surface area contributed by atoms with Crippen LogP contribution in [0, 0.1) is 0 Å². The van der Waals surface area contributed by atoms with E-state index < -0.39 is 30.9 Å². The molecule has 8 heteroatoms. The van der Waals surface area contributed by atoms with Gasteiger partial charge in [0.25, 0.3) is 0 Å². The van der Waals surface area contributed by atoms with E-state index >= 15 is 0 Å². The minimum absolute atomic E-state index is 0.0695. The summed E-state index contributed by atoms with van der Waals surface area (Å²) in [4.78, 5) is 1.69. The lowest BCUT2D eigenvalue weighted by atomic mass is 10.1. The largest absolute Gasteiger partial charge is 0.459 e. The molecular formula is C17H30F7N. The number of nitrogens with zero attached hydrogens (tertiary/aromatic N) is 1. The minimum Gasteiger partial charge on any atom is -0.306 e. The molecule has 0 radical (unpaired) electrons. The first-order valence-electron chi connectivity index (χ1n) is 8.96. The van der Waals surface area contributed by atoms with Crippen LogP contribution in [0.2, 0.25) is 0 Å². The zero-order valence-electron chi connectivity index (χ0n) is 15.1. The van der Waals surface area contributed by atoms with Crippen molar-refractivity contribution in [2.75, 3.05) is 20.1 Å². The van der Waals surface area contributed by atoms with E-state index in [4.69, 9.17) is 0 Å². The van der Waals surface area contributed by atoms with Crippen LogP contribution in [0.25, 0.3) is 0 Å². The summed E-state index contributed by atoms with van der Waals surface area (Å²) in [5.41, 5.74) is 0. The molecule has 1 nitrogen and oxygen atoms in total. The average molecular weight is 381 g/mol. The Morgan fingerprint density at radius 3 is 1.56 bits per heavy atom. The molecule has 0 aliphatic rings. The van der Waals surface area contributed by atoms with Gasteiger partial charge in [-0.3, -0.25) is 0 Å². The van der Waals surface area contributed by atoms with Crippen LogP contribution in [0.4, 0.5) is 30.7 Å². The maximum Gasteiger partial charge on any atom is 0.459 e. The molecule has 0 N–H and O–H groups in total. The second-order valence-electron chi connectivity index (χ2n) is 6.66. The second-order valence-corrected chi connectivity index (χ2v) is 6.66. The van der Waals surface area contributed by atoms with E-state index in [1.807, 2.05) is 0 Å². The highest BCUT2D eigenvalue weighted by atomic mass is 19.4. The van der Waals surface area contributed by atoms with Crippen molar-refractivity contribution < 1.29 is 30.7 Å². The van der Waals surface area contributed by atoms with Crippen molar-refractivity contribution >= 4 is 0 Å². The highest BCUT2D eigenvalue weighted by Gasteiger charge is 2.72. The Hall–Kier alpha value is -0.530. The summed E-state index contributed by atoms with van der Waals surface area (Å²) in [6.07, 6.45) is 0.833. The third kappa shape index (κ3) is 9.11. The lowest BCUT2D eigenvalue weighted by Gasteiger charge is -2.28. The fourth-order valence-electron chi connectivity index (χ4n) is 2.56. The molecule has 0 aromatic rings. The van der Waals surface area contributed by atoms with Crippen LogP contribution in [-0.4, -0.2) is 43.1 Å². The number of rotatable bonds is 14. The van der Waals surface area contributed by atoms with Crippen molar-refractivity contribution in [3.8, 4) is 0 Å². The number of alkyl halides is 7. The predicted octanol–water partition coefficient (Wildman–Crippen LogP) is 6.67. The lowest BCUT2D eigenvalue weighted by molar-refractivity contribution is -0.355. The third-order valence-electron chi connectivity index (χ3n) is 4.24. The molecule has 152 valence electrons. The molecule has 0 aliphatic carbocycles. The monoisotopic (exact) mass is 381 g/mol. The van der Waals surface area contributed by atoms with E-state index in [1.165, 1.54) is 25.7 Å². The van der Waals surface area contributed by atoms with E-state index in [0.29, 0.717) is 6.54 Å². The number of hydrogen-bond acceptors (Lipinski definition) is 1. The Morgan fingerprint density at radius 1 is 0.640 bits per heavy atom. The summed E-state index contributed by atoms with van der Waals surface area (Å²) in [7, 11) is 1.65. The van der Waals surface area contributed by atoms with Crippen molar-refractivity contribution in [2.45, 2.75) is 89.2 Å². The Morgan fingerprint density at radius 2 is 1.08 bits per heavy atom. The summed E-state index contributed by atoms with van der Waals surface area (Å²) in [6, 6.07) is 0. The van der Waals surface area contributed by atoms with E-state index in [-0.39, 0.29) is 6.54 Å². The van der Waals surface area contributed by atoms with Crippen molar-refractivity contribution in [3.05, 3.63) is 0 Å². The van der Waals surface area contributed by atoms with Crippen molar-refractivity contribution in [1.29, 1.82) is 0 Å². The van der Waals surface area contributed by atoms with Crippen LogP contribution in [0.3, 0.4) is 0 Å². The summed E-state index contributed by atoms with van der Waals surface area (Å²) in [6.45, 7) is 2.84. The van der Waals surface area contributed by atoms with E-state index in [9.17, 15) is 30.7 Å². The van der Waals surface area contributed by atoms with Gasteiger partial charge in [-0.15, -0.1) is 0 Å². The molecule has 0 saturated heterocycles. The molecule has 0 spiro atoms. The molecule has 0 unspecified atom stereocenters. The van der Waals surface area contributed by atoms with Crippen LogP contribution in [0.1, 0.15) is 71.1 Å². The Kier molecular flexibility index (Phi) is 11.0. The molecule has 0 aliphatic heterocycles. The fourth-order valence-corrected chi connectivity index (χ4v) is 2.56. The zero-order chi connectivity index (χ0) is 19.6. The first-order chi connectivity index (χ1) is 11.5. The fraction of sp³-hybridized carbons (Fsp3) is 1.00. The van der Waals surface area contributed by atoms with Crippen LogP contribution >= 0.6 is 0 Å². The van der Waals surface area contributed by atoms with Crippen LogP contribution in [0.15, 0.2) is 0 Å². The van der Waals surface area contributed by atoms with Gasteiger partial charge in [-0.1, -0.05) is 51.9 Å². The van der Waals surface area contributed by atoms with E-state index in [0.717, 1.165) is 25.7 Å². The van der Waals surface area contributed by atoms with Crippen LogP contribution in [0.5, 0.6) is 0 Å². The van der Waals surface area contributed by atoms with Gasteiger partial charge in [0, 0.05) is 6.42 Å². The Labute approximate surface area is 145 Å². The van der Waals surface area contributed by atoms with Gasteiger partial charge in [0.1, 0.15) is 0 Å². The summed E-state index contributed by atoms with van der Waals surface area (Å²) >= 11 is 0. The average Bonchev–Trinajstić information content (AvgIpc) is 2.48. The maximum atomic E-state index is 13.1. The molecular weight excluding hydrogens is 351 g/mol. The first-order valence-corrected chi connectivity index (χ1v) is 8.96. The van der Waals surface area contributed by atoms with Gasteiger partial charge in [-0.2, -0.15) is 30.7 Å². The van der Waals surface area contributed by atoms with Gasteiger partial charge in [0.15, 0.2) is 0 Å². The number of unbranched alkanes of at least 4 members (excludes halogenated alkanes) is 7. The highest BCUT2D eigenvalue weighted by molar-refractivity contribution is 4.90. The first kappa shape index (κ1) is 24.5. The second kappa shape index (κ2) is 11.2. The molecule has 0 aromatic heterocycles. The SMILES string of the molecule is CCCCCCCCCCN(C)CCCC(F)(F)C(F)(F)C(F)(F)F. The Bertz CT molecular complexity index is 342. The smallest absolute Gasteiger partial charge is 0.306 e.